The molecule has 0 radical (unpaired) electrons. The number of ether oxygens (including phenoxy) is 1. The first kappa shape index (κ1) is 13.0. The van der Waals surface area contributed by atoms with Gasteiger partial charge < -0.3 is 4.74 Å². The van der Waals surface area contributed by atoms with E-state index in [1.54, 1.807) is 0 Å². The van der Waals surface area contributed by atoms with Crippen molar-refractivity contribution >= 4 is 0 Å². The second-order valence-corrected chi connectivity index (χ2v) is 4.51. The number of rotatable bonds is 4. The van der Waals surface area contributed by atoms with Gasteiger partial charge in [-0.25, -0.2) is 5.43 Å². The van der Waals surface area contributed by atoms with Crippen LogP contribution in [0.25, 0.3) is 0 Å². The summed E-state index contributed by atoms with van der Waals surface area (Å²) in [6.45, 7) is 4.80. The summed E-state index contributed by atoms with van der Waals surface area (Å²) >= 11 is 0. The van der Waals surface area contributed by atoms with Gasteiger partial charge in [-0.2, -0.15) is 10.2 Å². The molecule has 2 heterocycles. The Kier molecular flexibility index (Phi) is 4.28. The molecule has 0 bridgehead atoms. The highest BCUT2D eigenvalue weighted by Crippen LogP contribution is 2.28. The van der Waals surface area contributed by atoms with Gasteiger partial charge in [0.15, 0.2) is 0 Å². The third kappa shape index (κ3) is 2.68. The van der Waals surface area contributed by atoms with Gasteiger partial charge in [0.25, 0.3) is 0 Å². The van der Waals surface area contributed by atoms with Crippen molar-refractivity contribution in [3.63, 3.8) is 0 Å². The number of hydrazine groups is 1. The Bertz CT molecular complexity index is 445. The Labute approximate surface area is 107 Å². The van der Waals surface area contributed by atoms with E-state index in [0.717, 1.165) is 42.8 Å². The van der Waals surface area contributed by atoms with Gasteiger partial charge in [-0.05, 0) is 43.4 Å². The Morgan fingerprint density at radius 2 is 2.33 bits per heavy atom. The molecule has 0 amide bonds. The normalized spacial score (nSPS) is 16.9. The minimum atomic E-state index is -0.0329. The van der Waals surface area contributed by atoms with E-state index in [2.05, 4.69) is 22.5 Å². The maximum atomic E-state index is 5.71. The van der Waals surface area contributed by atoms with Crippen molar-refractivity contribution < 1.29 is 4.74 Å². The molecule has 0 fully saturated rings. The molecule has 5 nitrogen and oxygen atoms in total. The molecule has 2 rings (SSSR count). The van der Waals surface area contributed by atoms with Crippen LogP contribution in [0.4, 0.5) is 0 Å². The fourth-order valence-corrected chi connectivity index (χ4v) is 2.25. The van der Waals surface area contributed by atoms with Crippen LogP contribution in [0.5, 0.6) is 0 Å². The standard InChI is InChI=1S/C13H20N4O/c1-3-12-11(7-9(2)16-17-12)13(15-14)10-5-4-6-18-8-10/h7-8,13,15H,3-6,14H2,1-2H3. The lowest BCUT2D eigenvalue weighted by Crippen LogP contribution is -2.31. The summed E-state index contributed by atoms with van der Waals surface area (Å²) in [7, 11) is 0. The summed E-state index contributed by atoms with van der Waals surface area (Å²) in [6, 6.07) is 2.01. The summed E-state index contributed by atoms with van der Waals surface area (Å²) in [5.74, 6) is 5.71. The average molecular weight is 248 g/mol. The molecule has 0 aliphatic carbocycles. The smallest absolute Gasteiger partial charge is 0.0876 e. The van der Waals surface area contributed by atoms with E-state index in [1.165, 1.54) is 5.57 Å². The van der Waals surface area contributed by atoms with Crippen molar-refractivity contribution in [1.29, 1.82) is 0 Å². The second kappa shape index (κ2) is 5.93. The lowest BCUT2D eigenvalue weighted by Gasteiger charge is -2.24. The predicted molar refractivity (Wildman–Crippen MR) is 69.5 cm³/mol. The molecule has 18 heavy (non-hydrogen) atoms. The monoisotopic (exact) mass is 248 g/mol. The fourth-order valence-electron chi connectivity index (χ4n) is 2.25. The van der Waals surface area contributed by atoms with Crippen LogP contribution >= 0.6 is 0 Å². The topological polar surface area (TPSA) is 73.1 Å². The zero-order valence-corrected chi connectivity index (χ0v) is 10.9. The highest BCUT2D eigenvalue weighted by atomic mass is 16.5. The third-order valence-electron chi connectivity index (χ3n) is 3.17. The zero-order chi connectivity index (χ0) is 13.0. The second-order valence-electron chi connectivity index (χ2n) is 4.51. The Balaban J connectivity index is 2.37. The van der Waals surface area contributed by atoms with Crippen LogP contribution in [0.15, 0.2) is 17.9 Å². The number of nitrogens with one attached hydrogen (secondary N) is 1. The lowest BCUT2D eigenvalue weighted by atomic mass is 9.94. The zero-order valence-electron chi connectivity index (χ0n) is 10.9. The molecular weight excluding hydrogens is 228 g/mol. The van der Waals surface area contributed by atoms with Crippen LogP contribution in [0, 0.1) is 6.92 Å². The number of aromatic nitrogens is 2. The van der Waals surface area contributed by atoms with Gasteiger partial charge >= 0.3 is 0 Å². The van der Waals surface area contributed by atoms with E-state index in [-0.39, 0.29) is 6.04 Å². The van der Waals surface area contributed by atoms with Gasteiger partial charge in [-0.3, -0.25) is 5.84 Å². The van der Waals surface area contributed by atoms with Crippen LogP contribution in [0.1, 0.15) is 42.8 Å². The minimum Gasteiger partial charge on any atom is -0.501 e. The SMILES string of the molecule is CCc1nnc(C)cc1C(NN)C1=COCCC1. The Morgan fingerprint density at radius 1 is 1.50 bits per heavy atom. The van der Waals surface area contributed by atoms with Crippen molar-refractivity contribution in [2.75, 3.05) is 6.61 Å². The van der Waals surface area contributed by atoms with Gasteiger partial charge in [-0.15, -0.1) is 0 Å². The average Bonchev–Trinajstić information content (AvgIpc) is 2.41. The molecule has 0 spiro atoms. The molecule has 0 saturated carbocycles. The molecule has 98 valence electrons. The van der Waals surface area contributed by atoms with Gasteiger partial charge in [-0.1, -0.05) is 6.92 Å². The molecule has 5 heteroatoms. The van der Waals surface area contributed by atoms with E-state index in [0.29, 0.717) is 0 Å². The van der Waals surface area contributed by atoms with E-state index < -0.39 is 0 Å². The first-order valence-electron chi connectivity index (χ1n) is 6.36. The van der Waals surface area contributed by atoms with Crippen molar-refractivity contribution in [2.45, 2.75) is 39.2 Å². The highest BCUT2D eigenvalue weighted by molar-refractivity contribution is 5.32. The van der Waals surface area contributed by atoms with Crippen LogP contribution in [-0.4, -0.2) is 16.8 Å². The van der Waals surface area contributed by atoms with Crippen LogP contribution < -0.4 is 11.3 Å². The van der Waals surface area contributed by atoms with Gasteiger partial charge in [0.05, 0.1) is 30.3 Å². The first-order valence-corrected chi connectivity index (χ1v) is 6.36. The Hall–Kier alpha value is -1.46. The largest absolute Gasteiger partial charge is 0.501 e. The number of nitrogens with zero attached hydrogens (tertiary/aromatic N) is 2. The van der Waals surface area contributed by atoms with Crippen molar-refractivity contribution in [2.24, 2.45) is 5.84 Å². The maximum Gasteiger partial charge on any atom is 0.0876 e. The molecule has 0 saturated heterocycles. The fraction of sp³-hybridized carbons (Fsp3) is 0.538. The summed E-state index contributed by atoms with van der Waals surface area (Å²) in [6.07, 6.45) is 4.69. The summed E-state index contributed by atoms with van der Waals surface area (Å²) in [4.78, 5) is 0. The number of hydrogen-bond donors (Lipinski definition) is 2. The van der Waals surface area contributed by atoms with Crippen LogP contribution in [0.3, 0.4) is 0 Å². The van der Waals surface area contributed by atoms with Crippen LogP contribution in [-0.2, 0) is 11.2 Å². The van der Waals surface area contributed by atoms with Gasteiger partial charge in [0, 0.05) is 0 Å². The molecule has 1 aromatic rings. The summed E-state index contributed by atoms with van der Waals surface area (Å²) in [5, 5.41) is 8.35. The number of aryl methyl sites for hydroxylation is 2. The van der Waals surface area contributed by atoms with Crippen molar-refractivity contribution in [3.05, 3.63) is 34.9 Å². The first-order chi connectivity index (χ1) is 8.76. The maximum absolute atomic E-state index is 5.71. The number of nitrogens with two attached hydrogens (primary N) is 1. The molecule has 1 aliphatic rings. The summed E-state index contributed by atoms with van der Waals surface area (Å²) in [5.41, 5.74) is 7.03. The van der Waals surface area contributed by atoms with Crippen LogP contribution in [0.2, 0.25) is 0 Å². The van der Waals surface area contributed by atoms with E-state index in [9.17, 15) is 0 Å². The molecule has 1 aromatic heterocycles. The number of hydrogen-bond acceptors (Lipinski definition) is 5. The highest BCUT2D eigenvalue weighted by Gasteiger charge is 2.21. The van der Waals surface area contributed by atoms with Gasteiger partial charge in [0.1, 0.15) is 0 Å². The lowest BCUT2D eigenvalue weighted by molar-refractivity contribution is 0.219. The van der Waals surface area contributed by atoms with E-state index in [4.69, 9.17) is 10.6 Å². The van der Waals surface area contributed by atoms with Crippen molar-refractivity contribution in [3.8, 4) is 0 Å². The Morgan fingerprint density at radius 3 is 2.94 bits per heavy atom. The minimum absolute atomic E-state index is 0.0329. The molecule has 1 atom stereocenters. The summed E-state index contributed by atoms with van der Waals surface area (Å²) < 4.78 is 5.40. The predicted octanol–water partition coefficient (Wildman–Crippen LogP) is 1.55. The molecule has 1 unspecified atom stereocenters. The molecule has 1 aliphatic heterocycles. The van der Waals surface area contributed by atoms with E-state index in [1.807, 2.05) is 19.3 Å². The van der Waals surface area contributed by atoms with Crippen molar-refractivity contribution in [1.82, 2.24) is 15.6 Å². The molecular formula is C13H20N4O. The molecule has 0 aromatic carbocycles. The van der Waals surface area contributed by atoms with Gasteiger partial charge in [0.2, 0.25) is 0 Å². The molecule has 3 N–H and O–H groups in total. The van der Waals surface area contributed by atoms with E-state index >= 15 is 0 Å². The third-order valence-corrected chi connectivity index (χ3v) is 3.17. The quantitative estimate of drug-likeness (QED) is 0.624.